The lowest BCUT2D eigenvalue weighted by molar-refractivity contribution is -0.188. The van der Waals surface area contributed by atoms with Gasteiger partial charge in [-0.05, 0) is 30.2 Å². The number of benzene rings is 1. The van der Waals surface area contributed by atoms with Gasteiger partial charge >= 0.3 is 0 Å². The van der Waals surface area contributed by atoms with E-state index in [1.807, 2.05) is 13.8 Å². The Morgan fingerprint density at radius 2 is 2.04 bits per heavy atom. The Bertz CT molecular complexity index is 761. The van der Waals surface area contributed by atoms with Gasteiger partial charge in [0.05, 0.1) is 6.61 Å². The zero-order valence-electron chi connectivity index (χ0n) is 13.7. The molecule has 0 spiro atoms. The topological polar surface area (TPSA) is 34.1 Å². The van der Waals surface area contributed by atoms with Crippen LogP contribution in [0, 0.1) is 5.92 Å². The molecule has 1 aromatic carbocycles. The molecule has 0 radical (unpaired) electrons. The van der Waals surface area contributed by atoms with Crippen LogP contribution in [-0.4, -0.2) is 17.5 Å². The molecule has 1 aromatic heterocycles. The van der Waals surface area contributed by atoms with Crippen LogP contribution in [0.15, 0.2) is 36.5 Å². The number of alkyl halides is 2. The summed E-state index contributed by atoms with van der Waals surface area (Å²) in [5, 5.41) is 3.48. The molecule has 1 N–H and O–H groups in total. The smallest absolute Gasteiger partial charge is 0.282 e. The predicted molar refractivity (Wildman–Crippen MR) is 91.2 cm³/mol. The third kappa shape index (κ3) is 2.66. The van der Waals surface area contributed by atoms with Gasteiger partial charge in [-0.1, -0.05) is 31.5 Å². The monoisotopic (exact) mass is 352 g/mol. The molecule has 2 heterocycles. The van der Waals surface area contributed by atoms with Gasteiger partial charge in [-0.2, -0.15) is 0 Å². The molecule has 1 atom stereocenters. The van der Waals surface area contributed by atoms with Crippen LogP contribution in [0.4, 0.5) is 20.3 Å². The summed E-state index contributed by atoms with van der Waals surface area (Å²) >= 11 is 6.10. The maximum atomic E-state index is 15.0. The molecule has 2 aromatic rings. The van der Waals surface area contributed by atoms with Crippen LogP contribution in [0.25, 0.3) is 0 Å². The van der Waals surface area contributed by atoms with Gasteiger partial charge < -0.3 is 10.1 Å². The Morgan fingerprint density at radius 3 is 2.71 bits per heavy atom. The molecule has 0 saturated heterocycles. The Kier molecular flexibility index (Phi) is 4.26. The molecular formula is C18H19ClF2N2O. The minimum atomic E-state index is -3.18. The largest absolute Gasteiger partial charge is 0.359 e. The Balaban J connectivity index is 2.31. The third-order valence-corrected chi connectivity index (χ3v) is 4.29. The second kappa shape index (κ2) is 5.97. The summed E-state index contributed by atoms with van der Waals surface area (Å²) in [6.45, 7) is 4.90. The van der Waals surface area contributed by atoms with Gasteiger partial charge in [0, 0.05) is 35.0 Å². The van der Waals surface area contributed by atoms with Crippen molar-refractivity contribution in [3.05, 3.63) is 52.7 Å². The van der Waals surface area contributed by atoms with Crippen molar-refractivity contribution in [2.45, 2.75) is 32.3 Å². The number of pyridine rings is 1. The highest BCUT2D eigenvalue weighted by Crippen LogP contribution is 2.54. The van der Waals surface area contributed by atoms with E-state index in [0.717, 1.165) is 6.92 Å². The van der Waals surface area contributed by atoms with E-state index in [-0.39, 0.29) is 12.5 Å². The fourth-order valence-corrected chi connectivity index (χ4v) is 3.20. The Labute approximate surface area is 145 Å². The number of hydrogen-bond donors (Lipinski definition) is 1. The first kappa shape index (κ1) is 17.1. The molecule has 1 aliphatic rings. The van der Waals surface area contributed by atoms with E-state index in [2.05, 4.69) is 10.3 Å². The number of halogens is 3. The van der Waals surface area contributed by atoms with Crippen molar-refractivity contribution < 1.29 is 13.5 Å². The summed E-state index contributed by atoms with van der Waals surface area (Å²) in [5.41, 5.74) is -0.778. The normalized spacial score (nSPS) is 19.6. The number of nitrogens with zero attached hydrogens (tertiary/aromatic N) is 1. The molecule has 3 nitrogen and oxygen atoms in total. The van der Waals surface area contributed by atoms with Crippen molar-refractivity contribution in [3.8, 4) is 0 Å². The number of hydrogen-bond acceptors (Lipinski definition) is 3. The van der Waals surface area contributed by atoms with E-state index in [4.69, 9.17) is 16.3 Å². The first-order chi connectivity index (χ1) is 11.3. The van der Waals surface area contributed by atoms with Gasteiger partial charge in [0.15, 0.2) is 5.60 Å². The van der Waals surface area contributed by atoms with E-state index >= 15 is 0 Å². The molecule has 6 heteroatoms. The number of aromatic nitrogens is 1. The van der Waals surface area contributed by atoms with E-state index in [9.17, 15) is 8.78 Å². The van der Waals surface area contributed by atoms with Gasteiger partial charge in [-0.15, -0.1) is 0 Å². The van der Waals surface area contributed by atoms with Crippen molar-refractivity contribution in [2.75, 3.05) is 11.9 Å². The first-order valence-electron chi connectivity index (χ1n) is 7.80. The minimum absolute atomic E-state index is 0.0990. The second-order valence-electron chi connectivity index (χ2n) is 6.49. The average Bonchev–Trinajstić information content (AvgIpc) is 2.50. The lowest BCUT2D eigenvalue weighted by Gasteiger charge is -2.44. The SMILES string of the molecule is CC(C)COC1(C(C)(F)F)c2cc(Cl)ccc2Nc2ncccc21. The van der Waals surface area contributed by atoms with Gasteiger partial charge in [0.1, 0.15) is 5.82 Å². The van der Waals surface area contributed by atoms with Crippen molar-refractivity contribution in [1.29, 1.82) is 0 Å². The minimum Gasteiger partial charge on any atom is -0.359 e. The fraction of sp³-hybridized carbons (Fsp3) is 0.389. The van der Waals surface area contributed by atoms with Crippen LogP contribution in [0.2, 0.25) is 5.02 Å². The highest BCUT2D eigenvalue weighted by Gasteiger charge is 2.58. The number of fused-ring (bicyclic) bond motifs is 2. The maximum absolute atomic E-state index is 15.0. The molecule has 128 valence electrons. The highest BCUT2D eigenvalue weighted by atomic mass is 35.5. The summed E-state index contributed by atoms with van der Waals surface area (Å²) in [5.74, 6) is -2.71. The molecule has 24 heavy (non-hydrogen) atoms. The molecule has 0 aliphatic carbocycles. The molecule has 1 aliphatic heterocycles. The van der Waals surface area contributed by atoms with Crippen LogP contribution in [0.5, 0.6) is 0 Å². The zero-order valence-corrected chi connectivity index (χ0v) is 14.5. The summed E-state index contributed by atoms with van der Waals surface area (Å²) in [7, 11) is 0. The summed E-state index contributed by atoms with van der Waals surface area (Å²) < 4.78 is 35.9. The fourth-order valence-electron chi connectivity index (χ4n) is 3.03. The van der Waals surface area contributed by atoms with Gasteiger partial charge in [-0.25, -0.2) is 13.8 Å². The van der Waals surface area contributed by atoms with E-state index < -0.39 is 11.5 Å². The molecule has 1 unspecified atom stereocenters. The second-order valence-corrected chi connectivity index (χ2v) is 6.93. The molecule has 0 amide bonds. The Hall–Kier alpha value is -1.72. The van der Waals surface area contributed by atoms with Crippen LogP contribution >= 0.6 is 11.6 Å². The van der Waals surface area contributed by atoms with Gasteiger partial charge in [0.2, 0.25) is 0 Å². The number of anilines is 2. The standard InChI is InChI=1S/C18H19ClF2N2O/c1-11(2)10-24-18(17(3,20)21)13-5-4-8-22-16(13)23-15-7-6-12(19)9-14(15)18/h4-9,11H,10H2,1-3H3,(H,22,23). The van der Waals surface area contributed by atoms with Crippen LogP contribution in [0.1, 0.15) is 31.9 Å². The quantitative estimate of drug-likeness (QED) is 0.803. The molecule has 0 saturated carbocycles. The zero-order chi connectivity index (χ0) is 17.5. The summed E-state index contributed by atoms with van der Waals surface area (Å²) in [6.07, 6.45) is 1.56. The van der Waals surface area contributed by atoms with Gasteiger partial charge in [0.25, 0.3) is 5.92 Å². The predicted octanol–water partition coefficient (Wildman–Crippen LogP) is 5.36. The van der Waals surface area contributed by atoms with Crippen molar-refractivity contribution in [1.82, 2.24) is 4.98 Å². The van der Waals surface area contributed by atoms with Crippen molar-refractivity contribution >= 4 is 23.1 Å². The molecule has 3 rings (SSSR count). The highest BCUT2D eigenvalue weighted by molar-refractivity contribution is 6.30. The number of nitrogens with one attached hydrogen (secondary N) is 1. The Morgan fingerprint density at radius 1 is 1.29 bits per heavy atom. The van der Waals surface area contributed by atoms with Crippen molar-refractivity contribution in [2.24, 2.45) is 5.92 Å². The van der Waals surface area contributed by atoms with Gasteiger partial charge in [-0.3, -0.25) is 0 Å². The van der Waals surface area contributed by atoms with Crippen LogP contribution < -0.4 is 5.32 Å². The summed E-state index contributed by atoms with van der Waals surface area (Å²) in [4.78, 5) is 4.22. The van der Waals surface area contributed by atoms with E-state index in [1.165, 1.54) is 6.07 Å². The molecular weight excluding hydrogens is 334 g/mol. The van der Waals surface area contributed by atoms with Crippen LogP contribution in [-0.2, 0) is 10.3 Å². The average molecular weight is 353 g/mol. The summed E-state index contributed by atoms with van der Waals surface area (Å²) in [6, 6.07) is 8.13. The number of ether oxygens (including phenoxy) is 1. The molecule has 0 bridgehead atoms. The molecule has 0 fully saturated rings. The van der Waals surface area contributed by atoms with Crippen molar-refractivity contribution in [3.63, 3.8) is 0 Å². The van der Waals surface area contributed by atoms with E-state index in [0.29, 0.717) is 27.7 Å². The van der Waals surface area contributed by atoms with Crippen LogP contribution in [0.3, 0.4) is 0 Å². The lowest BCUT2D eigenvalue weighted by atomic mass is 9.78. The lowest BCUT2D eigenvalue weighted by Crippen LogP contribution is -2.49. The first-order valence-corrected chi connectivity index (χ1v) is 8.18. The third-order valence-electron chi connectivity index (χ3n) is 4.05. The van der Waals surface area contributed by atoms with E-state index in [1.54, 1.807) is 30.5 Å². The maximum Gasteiger partial charge on any atom is 0.282 e. The number of rotatable bonds is 4.